The quantitative estimate of drug-likeness (QED) is 0.370. The summed E-state index contributed by atoms with van der Waals surface area (Å²) in [7, 11) is 0. The van der Waals surface area contributed by atoms with E-state index in [1.807, 2.05) is 0 Å². The molecule has 48 valence electrons. The molecular weight excluding hydrogens is 106 g/mol. The molecule has 0 bridgehead atoms. The van der Waals surface area contributed by atoms with E-state index in [0.29, 0.717) is 13.0 Å². The van der Waals surface area contributed by atoms with Gasteiger partial charge in [-0.15, -0.1) is 0 Å². The summed E-state index contributed by atoms with van der Waals surface area (Å²) in [6.45, 7) is 0.819. The standard InChI is InChI=1S/C5H11NO2/c7-4-1-2-6-3-5(4)8/h4-8H,1-3H2/t4-,5+/m0/s1/i/hD. The van der Waals surface area contributed by atoms with Gasteiger partial charge >= 0.3 is 0 Å². The first-order valence-corrected chi connectivity index (χ1v) is 2.80. The molecule has 0 spiro atoms. The Balaban J connectivity index is 2.35. The van der Waals surface area contributed by atoms with Crippen molar-refractivity contribution in [1.82, 2.24) is 5.31 Å². The van der Waals surface area contributed by atoms with Crippen molar-refractivity contribution in [1.29, 1.82) is 0 Å². The van der Waals surface area contributed by atoms with Gasteiger partial charge in [-0.1, -0.05) is 0 Å². The van der Waals surface area contributed by atoms with Gasteiger partial charge in [0, 0.05) is 6.54 Å². The van der Waals surface area contributed by atoms with Crippen molar-refractivity contribution in [2.75, 3.05) is 13.1 Å². The van der Waals surface area contributed by atoms with Crippen molar-refractivity contribution in [3.63, 3.8) is 0 Å². The highest BCUT2D eigenvalue weighted by molar-refractivity contribution is 4.75. The van der Waals surface area contributed by atoms with Crippen molar-refractivity contribution >= 4 is 0 Å². The molecule has 3 heteroatoms. The maximum atomic E-state index is 8.94. The Morgan fingerprint density at radius 3 is 2.75 bits per heavy atom. The molecule has 8 heavy (non-hydrogen) atoms. The number of aliphatic hydroxyl groups is 2. The Kier molecular flexibility index (Phi) is 1.44. The maximum absolute atomic E-state index is 8.94. The van der Waals surface area contributed by atoms with E-state index < -0.39 is 12.2 Å². The van der Waals surface area contributed by atoms with Crippen molar-refractivity contribution < 1.29 is 11.6 Å². The van der Waals surface area contributed by atoms with E-state index in [1.54, 1.807) is 0 Å². The lowest BCUT2D eigenvalue weighted by atomic mass is 10.1. The Bertz CT molecular complexity index is 101. The summed E-state index contributed by atoms with van der Waals surface area (Å²) in [5.41, 5.74) is 0. The summed E-state index contributed by atoms with van der Waals surface area (Å²) in [5, 5.41) is 19.1. The second-order valence-corrected chi connectivity index (χ2v) is 2.05. The highest BCUT2D eigenvalue weighted by Crippen LogP contribution is 2.01. The van der Waals surface area contributed by atoms with Crippen LogP contribution in [-0.4, -0.2) is 35.5 Å². The van der Waals surface area contributed by atoms with Crippen LogP contribution in [0.3, 0.4) is 0 Å². The largest absolute Gasteiger partial charge is 0.390 e. The minimum Gasteiger partial charge on any atom is -0.390 e. The van der Waals surface area contributed by atoms with Crippen LogP contribution in [0.1, 0.15) is 6.42 Å². The van der Waals surface area contributed by atoms with Gasteiger partial charge in [0.15, 0.2) is 0 Å². The topological polar surface area (TPSA) is 52.5 Å². The van der Waals surface area contributed by atoms with Crippen LogP contribution in [0, 0.1) is 0 Å². The Labute approximate surface area is 49.8 Å². The predicted octanol–water partition coefficient (Wildman–Crippen LogP) is -1.30. The number of hydrogen-bond acceptors (Lipinski definition) is 3. The van der Waals surface area contributed by atoms with Gasteiger partial charge in [-0.25, -0.2) is 0 Å². The van der Waals surface area contributed by atoms with Gasteiger partial charge in [0.25, 0.3) is 0 Å². The van der Waals surface area contributed by atoms with Gasteiger partial charge < -0.3 is 15.5 Å². The smallest absolute Gasteiger partial charge is 0.122 e. The molecule has 0 aromatic carbocycles. The molecule has 0 amide bonds. The summed E-state index contributed by atoms with van der Waals surface area (Å²) < 4.78 is 7.05. The SMILES string of the molecule is [2H]N1CC[C@H](O)[C@H](O)C1. The van der Waals surface area contributed by atoms with Gasteiger partial charge in [-0.05, 0) is 13.0 Å². The van der Waals surface area contributed by atoms with Gasteiger partial charge in [-0.3, -0.25) is 0 Å². The average Bonchev–Trinajstić information content (AvgIpc) is 1.80. The van der Waals surface area contributed by atoms with Crippen molar-refractivity contribution in [2.24, 2.45) is 0 Å². The fraction of sp³-hybridized carbons (Fsp3) is 1.00. The number of piperidine rings is 1. The van der Waals surface area contributed by atoms with E-state index in [-0.39, 0.29) is 6.54 Å². The first-order chi connectivity index (χ1) is 4.20. The molecule has 0 unspecified atom stereocenters. The second kappa shape index (κ2) is 2.44. The van der Waals surface area contributed by atoms with E-state index in [2.05, 4.69) is 0 Å². The number of aliphatic hydroxyl groups excluding tert-OH is 2. The van der Waals surface area contributed by atoms with E-state index >= 15 is 0 Å². The van der Waals surface area contributed by atoms with Gasteiger partial charge in [0.1, 0.15) is 1.41 Å². The molecule has 1 aliphatic rings. The summed E-state index contributed by atoms with van der Waals surface area (Å²) in [6, 6.07) is 0. The van der Waals surface area contributed by atoms with Crippen molar-refractivity contribution in [3.8, 4) is 0 Å². The Hall–Kier alpha value is -0.120. The van der Waals surface area contributed by atoms with E-state index in [4.69, 9.17) is 11.6 Å². The van der Waals surface area contributed by atoms with E-state index in [0.717, 1.165) is 0 Å². The normalized spacial score (nSPS) is 44.0. The Morgan fingerprint density at radius 1 is 1.50 bits per heavy atom. The molecule has 3 N–H and O–H groups in total. The van der Waals surface area contributed by atoms with E-state index in [9.17, 15) is 0 Å². The fourth-order valence-electron chi connectivity index (χ4n) is 0.761. The molecule has 2 atom stereocenters. The zero-order valence-electron chi connectivity index (χ0n) is 5.62. The number of rotatable bonds is 0. The molecule has 0 saturated carbocycles. The molecular formula is C5H11NO2. The van der Waals surface area contributed by atoms with Gasteiger partial charge in [0.05, 0.1) is 12.2 Å². The average molecular weight is 118 g/mol. The third-order valence-corrected chi connectivity index (χ3v) is 1.34. The number of hydrogen-bond donors (Lipinski definition) is 3. The van der Waals surface area contributed by atoms with Crippen LogP contribution in [0.25, 0.3) is 0 Å². The molecule has 1 heterocycles. The highest BCUT2D eigenvalue weighted by Gasteiger charge is 2.18. The Morgan fingerprint density at radius 2 is 2.25 bits per heavy atom. The van der Waals surface area contributed by atoms with Gasteiger partial charge in [-0.2, -0.15) is 0 Å². The summed E-state index contributed by atoms with van der Waals surface area (Å²) in [5.74, 6) is 0. The minimum atomic E-state index is -0.726. The second-order valence-electron chi connectivity index (χ2n) is 2.05. The first-order valence-electron chi connectivity index (χ1n) is 3.25. The minimum absolute atomic E-state index is 0.265. The maximum Gasteiger partial charge on any atom is 0.122 e. The van der Waals surface area contributed by atoms with Crippen LogP contribution in [0.5, 0.6) is 0 Å². The molecule has 0 aromatic heterocycles. The lowest BCUT2D eigenvalue weighted by Gasteiger charge is -2.23. The van der Waals surface area contributed by atoms with Gasteiger partial charge in [0.2, 0.25) is 0 Å². The third kappa shape index (κ3) is 1.18. The zero-order chi connectivity index (χ0) is 6.85. The van der Waals surface area contributed by atoms with Crippen molar-refractivity contribution in [3.05, 3.63) is 0 Å². The molecule has 0 radical (unpaired) electrons. The van der Waals surface area contributed by atoms with E-state index in [1.165, 1.54) is 5.31 Å². The van der Waals surface area contributed by atoms with Crippen LogP contribution in [0.15, 0.2) is 0 Å². The lowest BCUT2D eigenvalue weighted by Crippen LogP contribution is -2.43. The van der Waals surface area contributed by atoms with Crippen LogP contribution in [0.2, 0.25) is 1.41 Å². The molecule has 1 aliphatic heterocycles. The van der Waals surface area contributed by atoms with Crippen LogP contribution in [0.4, 0.5) is 0 Å². The van der Waals surface area contributed by atoms with Crippen molar-refractivity contribution in [2.45, 2.75) is 18.6 Å². The summed E-state index contributed by atoms with van der Waals surface area (Å²) in [6.07, 6.45) is -0.840. The number of β-amino-alcohol motifs (C(OH)–C–C–N with tert-alkyl or cyclic N) is 1. The molecule has 1 saturated heterocycles. The molecule has 0 aliphatic carbocycles. The lowest BCUT2D eigenvalue weighted by molar-refractivity contribution is 0.000433. The van der Waals surface area contributed by atoms with Crippen LogP contribution >= 0.6 is 0 Å². The summed E-state index contributed by atoms with van der Waals surface area (Å²) >= 11 is 0. The third-order valence-electron chi connectivity index (χ3n) is 1.34. The first kappa shape index (κ1) is 4.73. The molecule has 1 rings (SSSR count). The molecule has 3 nitrogen and oxygen atoms in total. The summed E-state index contributed by atoms with van der Waals surface area (Å²) in [4.78, 5) is 0. The molecule has 1 fully saturated rings. The molecule has 0 aromatic rings. The van der Waals surface area contributed by atoms with Crippen LogP contribution < -0.4 is 5.31 Å². The zero-order valence-corrected chi connectivity index (χ0v) is 4.62. The number of nitrogens with one attached hydrogen (secondary N) is 1. The highest BCUT2D eigenvalue weighted by atomic mass is 16.3. The van der Waals surface area contributed by atoms with Crippen LogP contribution in [-0.2, 0) is 0 Å². The fourth-order valence-corrected chi connectivity index (χ4v) is 0.761. The monoisotopic (exact) mass is 118 g/mol. The predicted molar refractivity (Wildman–Crippen MR) is 29.5 cm³/mol.